The lowest BCUT2D eigenvalue weighted by molar-refractivity contribution is -0.347. The Kier molecular flexibility index (Phi) is 9.50. The maximum Gasteiger partial charge on any atom is 0.429 e. The molecule has 3 nitrogen and oxygen atoms in total. The molecule has 0 bridgehead atoms. The maximum absolute atomic E-state index is 13.3. The molecule has 0 aromatic carbocycles. The molecular formula is C27H46F6O3Si. The standard InChI is InChI=1S/C27H46F6O3Si/c1-22(2,36-37(5,6)7)14-9-15-23(3,16-10-18-25(35,26(28,29)30)27(31,32)33)21-13-12-19-20(34)11-8-17-24(19,21)4/h10,18-21,34-35H,8-9,11-17H2,1-7H3/b18-10-/t19?,20-,21+,23?,24-/m0/s1. The van der Waals surface area contributed by atoms with Crippen LogP contribution in [0.4, 0.5) is 26.3 Å². The molecule has 0 aromatic rings. The third-order valence-electron chi connectivity index (χ3n) is 8.85. The van der Waals surface area contributed by atoms with Crippen LogP contribution < -0.4 is 0 Å². The lowest BCUT2D eigenvalue weighted by Gasteiger charge is -2.50. The van der Waals surface area contributed by atoms with Gasteiger partial charge in [0.1, 0.15) is 0 Å². The van der Waals surface area contributed by atoms with Crippen LogP contribution in [0.15, 0.2) is 12.2 Å². The van der Waals surface area contributed by atoms with Crippen molar-refractivity contribution in [2.75, 3.05) is 0 Å². The van der Waals surface area contributed by atoms with E-state index in [4.69, 9.17) is 4.43 Å². The quantitative estimate of drug-likeness (QED) is 0.161. The average Bonchev–Trinajstić information content (AvgIpc) is 3.03. The predicted molar refractivity (Wildman–Crippen MR) is 135 cm³/mol. The summed E-state index contributed by atoms with van der Waals surface area (Å²) in [5.41, 5.74) is -6.13. The van der Waals surface area contributed by atoms with Gasteiger partial charge in [-0.05, 0) is 107 Å². The first kappa shape index (κ1) is 32.6. The molecule has 0 radical (unpaired) electrons. The van der Waals surface area contributed by atoms with Crippen LogP contribution in [-0.4, -0.2) is 48.2 Å². The highest BCUT2D eigenvalue weighted by atomic mass is 28.4. The lowest BCUT2D eigenvalue weighted by atomic mass is 9.56. The molecule has 2 N–H and O–H groups in total. The molecule has 0 aromatic heterocycles. The zero-order chi connectivity index (χ0) is 28.7. The Balaban J connectivity index is 2.35. The second-order valence-corrected chi connectivity index (χ2v) is 18.0. The largest absolute Gasteiger partial charge is 0.429 e. The molecule has 2 unspecified atom stereocenters. The molecule has 2 aliphatic carbocycles. The molecule has 2 saturated carbocycles. The molecule has 218 valence electrons. The van der Waals surface area contributed by atoms with Gasteiger partial charge in [0.15, 0.2) is 8.32 Å². The van der Waals surface area contributed by atoms with Gasteiger partial charge in [0.25, 0.3) is 5.60 Å². The number of hydrogen-bond acceptors (Lipinski definition) is 3. The topological polar surface area (TPSA) is 49.7 Å². The van der Waals surface area contributed by atoms with E-state index in [1.165, 1.54) is 0 Å². The number of aliphatic hydroxyl groups excluding tert-OH is 1. The van der Waals surface area contributed by atoms with Crippen molar-refractivity contribution in [3.05, 3.63) is 12.2 Å². The van der Waals surface area contributed by atoms with E-state index in [9.17, 15) is 36.6 Å². The Bertz CT molecular complexity index is 789. The summed E-state index contributed by atoms with van der Waals surface area (Å²) in [6.07, 6.45) is -5.48. The van der Waals surface area contributed by atoms with Crippen molar-refractivity contribution in [2.45, 2.75) is 135 Å². The van der Waals surface area contributed by atoms with E-state index in [1.807, 2.05) is 20.8 Å². The Hall–Kier alpha value is -0.583. The molecule has 2 rings (SSSR count). The van der Waals surface area contributed by atoms with E-state index >= 15 is 0 Å². The van der Waals surface area contributed by atoms with Crippen molar-refractivity contribution in [1.82, 2.24) is 0 Å². The fourth-order valence-corrected chi connectivity index (χ4v) is 9.12. The van der Waals surface area contributed by atoms with Gasteiger partial charge in [0.05, 0.1) is 11.7 Å². The van der Waals surface area contributed by atoms with Crippen LogP contribution in [0.1, 0.15) is 85.5 Å². The Morgan fingerprint density at radius 3 is 2.03 bits per heavy atom. The minimum Gasteiger partial charge on any atom is -0.413 e. The summed E-state index contributed by atoms with van der Waals surface area (Å²) in [5.74, 6) is 0.0963. The van der Waals surface area contributed by atoms with Crippen molar-refractivity contribution < 1.29 is 41.0 Å². The van der Waals surface area contributed by atoms with Crippen LogP contribution in [0, 0.1) is 22.7 Å². The van der Waals surface area contributed by atoms with Crippen LogP contribution >= 0.6 is 0 Å². The number of halogens is 6. The first-order valence-electron chi connectivity index (χ1n) is 13.4. The van der Waals surface area contributed by atoms with Gasteiger partial charge in [-0.15, -0.1) is 0 Å². The van der Waals surface area contributed by atoms with Crippen molar-refractivity contribution in [3.8, 4) is 0 Å². The van der Waals surface area contributed by atoms with Crippen LogP contribution in [-0.2, 0) is 4.43 Å². The van der Waals surface area contributed by atoms with Gasteiger partial charge >= 0.3 is 12.4 Å². The monoisotopic (exact) mass is 560 g/mol. The van der Waals surface area contributed by atoms with E-state index in [-0.39, 0.29) is 29.7 Å². The molecule has 0 aliphatic heterocycles. The molecule has 10 heteroatoms. The molecule has 2 aliphatic rings. The predicted octanol–water partition coefficient (Wildman–Crippen LogP) is 8.17. The van der Waals surface area contributed by atoms with Gasteiger partial charge in [-0.1, -0.05) is 32.8 Å². The summed E-state index contributed by atoms with van der Waals surface area (Å²) >= 11 is 0. The normalized spacial score (nSPS) is 30.0. The average molecular weight is 561 g/mol. The summed E-state index contributed by atoms with van der Waals surface area (Å²) < 4.78 is 85.8. The number of hydrogen-bond donors (Lipinski definition) is 2. The molecule has 0 heterocycles. The minimum absolute atomic E-state index is 0.0236. The smallest absolute Gasteiger partial charge is 0.413 e. The third kappa shape index (κ3) is 7.34. The molecule has 2 fully saturated rings. The molecule has 0 amide bonds. The minimum atomic E-state index is -5.88. The first-order valence-corrected chi connectivity index (χ1v) is 16.8. The highest BCUT2D eigenvalue weighted by molar-refractivity contribution is 6.69. The van der Waals surface area contributed by atoms with Crippen molar-refractivity contribution in [2.24, 2.45) is 22.7 Å². The van der Waals surface area contributed by atoms with Gasteiger partial charge in [-0.2, -0.15) is 26.3 Å². The van der Waals surface area contributed by atoms with Crippen LogP contribution in [0.25, 0.3) is 0 Å². The molecular weight excluding hydrogens is 514 g/mol. The van der Waals surface area contributed by atoms with Gasteiger partial charge in [-0.3, -0.25) is 0 Å². The Morgan fingerprint density at radius 1 is 0.946 bits per heavy atom. The number of aliphatic hydroxyl groups is 2. The molecule has 0 saturated heterocycles. The SMILES string of the molecule is CC(C)(CCCC(C)(C/C=C\C(O)(C(F)(F)F)C(F)(F)F)[C@H]1CCC2[C@@H](O)CCC[C@@]21C)O[Si](C)(C)C. The highest BCUT2D eigenvalue weighted by Crippen LogP contribution is 2.62. The van der Waals surface area contributed by atoms with Gasteiger partial charge < -0.3 is 14.6 Å². The number of alkyl halides is 6. The zero-order valence-corrected chi connectivity index (χ0v) is 24.3. The summed E-state index contributed by atoms with van der Waals surface area (Å²) in [4.78, 5) is 0. The Labute approximate surface area is 219 Å². The van der Waals surface area contributed by atoms with Crippen molar-refractivity contribution >= 4 is 8.32 Å². The van der Waals surface area contributed by atoms with Gasteiger partial charge in [-0.25, -0.2) is 0 Å². The number of allylic oxidation sites excluding steroid dienone is 1. The summed E-state index contributed by atoms with van der Waals surface area (Å²) in [6.45, 7) is 14.4. The summed E-state index contributed by atoms with van der Waals surface area (Å²) in [7, 11) is -1.81. The van der Waals surface area contributed by atoms with E-state index in [0.29, 0.717) is 19.3 Å². The van der Waals surface area contributed by atoms with Crippen LogP contribution in [0.3, 0.4) is 0 Å². The zero-order valence-electron chi connectivity index (χ0n) is 23.3. The third-order valence-corrected chi connectivity index (χ3v) is 10.0. The fraction of sp³-hybridized carbons (Fsp3) is 0.926. The van der Waals surface area contributed by atoms with Gasteiger partial charge in [0.2, 0.25) is 0 Å². The molecule has 5 atom stereocenters. The van der Waals surface area contributed by atoms with E-state index in [2.05, 4.69) is 26.6 Å². The molecule has 0 spiro atoms. The van der Waals surface area contributed by atoms with Gasteiger partial charge in [0, 0.05) is 0 Å². The number of fused-ring (bicyclic) bond motifs is 1. The second-order valence-electron chi connectivity index (χ2n) is 13.6. The Morgan fingerprint density at radius 2 is 1.51 bits per heavy atom. The van der Waals surface area contributed by atoms with E-state index < -0.39 is 43.4 Å². The summed E-state index contributed by atoms with van der Waals surface area (Å²) in [5, 5.41) is 20.3. The van der Waals surface area contributed by atoms with E-state index in [1.54, 1.807) is 0 Å². The maximum atomic E-state index is 13.3. The van der Waals surface area contributed by atoms with Crippen molar-refractivity contribution in [3.63, 3.8) is 0 Å². The highest BCUT2D eigenvalue weighted by Gasteiger charge is 2.69. The fourth-order valence-electron chi connectivity index (χ4n) is 7.36. The first-order chi connectivity index (χ1) is 16.5. The van der Waals surface area contributed by atoms with Crippen LogP contribution in [0.5, 0.6) is 0 Å². The summed E-state index contributed by atoms with van der Waals surface area (Å²) in [6, 6.07) is 0. The number of rotatable bonds is 10. The second kappa shape index (κ2) is 10.8. The lowest BCUT2D eigenvalue weighted by Crippen LogP contribution is -2.55. The van der Waals surface area contributed by atoms with E-state index in [0.717, 1.165) is 38.2 Å². The molecule has 37 heavy (non-hydrogen) atoms. The van der Waals surface area contributed by atoms with Crippen molar-refractivity contribution in [1.29, 1.82) is 0 Å². The van der Waals surface area contributed by atoms with Crippen LogP contribution in [0.2, 0.25) is 19.6 Å².